The summed E-state index contributed by atoms with van der Waals surface area (Å²) < 4.78 is 0. The number of nitrogens with one attached hydrogen (secondary N) is 1. The quantitative estimate of drug-likeness (QED) is 0.668. The Hall–Kier alpha value is -3.15. The molecule has 23 heavy (non-hydrogen) atoms. The summed E-state index contributed by atoms with van der Waals surface area (Å²) in [5.41, 5.74) is 8.34. The molecule has 3 rings (SSSR count). The first-order valence-corrected chi connectivity index (χ1v) is 7.08. The molecule has 2 aromatic rings. The number of hydrogen-bond donors (Lipinski definition) is 2. The topological polar surface area (TPSA) is 92.5 Å². The highest BCUT2D eigenvalue weighted by Gasteiger charge is 2.36. The van der Waals surface area contributed by atoms with E-state index < -0.39 is 17.7 Å². The van der Waals surface area contributed by atoms with Gasteiger partial charge in [0.25, 0.3) is 11.8 Å². The number of aryl methyl sites for hydroxylation is 1. The summed E-state index contributed by atoms with van der Waals surface area (Å²) in [6, 6.07) is 11.7. The lowest BCUT2D eigenvalue weighted by Crippen LogP contribution is -2.37. The number of imide groups is 1. The molecule has 0 unspecified atom stereocenters. The average molecular weight is 309 g/mol. The number of amides is 3. The normalized spacial score (nSPS) is 13.2. The highest BCUT2D eigenvalue weighted by Crippen LogP contribution is 2.23. The Balaban J connectivity index is 1.74. The van der Waals surface area contributed by atoms with Crippen LogP contribution in [0.25, 0.3) is 0 Å². The summed E-state index contributed by atoms with van der Waals surface area (Å²) in [6.45, 7) is 1.54. The summed E-state index contributed by atoms with van der Waals surface area (Å²) in [4.78, 5) is 37.5. The van der Waals surface area contributed by atoms with E-state index in [9.17, 15) is 14.4 Å². The van der Waals surface area contributed by atoms with E-state index in [0.29, 0.717) is 22.5 Å². The largest absolute Gasteiger partial charge is 0.397 e. The number of rotatable bonds is 3. The van der Waals surface area contributed by atoms with Crippen molar-refractivity contribution in [3.63, 3.8) is 0 Å². The van der Waals surface area contributed by atoms with E-state index in [2.05, 4.69) is 5.32 Å². The fourth-order valence-corrected chi connectivity index (χ4v) is 2.51. The molecule has 0 saturated heterocycles. The smallest absolute Gasteiger partial charge is 0.262 e. The van der Waals surface area contributed by atoms with E-state index in [1.165, 1.54) is 0 Å². The van der Waals surface area contributed by atoms with Gasteiger partial charge >= 0.3 is 0 Å². The molecule has 3 N–H and O–H groups in total. The Morgan fingerprint density at radius 1 is 1.09 bits per heavy atom. The van der Waals surface area contributed by atoms with E-state index in [0.717, 1.165) is 10.5 Å². The number of carbonyl (C=O) groups is 3. The van der Waals surface area contributed by atoms with Gasteiger partial charge in [-0.05, 0) is 36.8 Å². The summed E-state index contributed by atoms with van der Waals surface area (Å²) in [7, 11) is 0. The Morgan fingerprint density at radius 2 is 1.70 bits per heavy atom. The molecule has 116 valence electrons. The third kappa shape index (κ3) is 2.66. The molecular formula is C17H15N3O3. The molecule has 0 fully saturated rings. The maximum Gasteiger partial charge on any atom is 0.262 e. The van der Waals surface area contributed by atoms with Crippen molar-refractivity contribution in [3.8, 4) is 0 Å². The van der Waals surface area contributed by atoms with Crippen molar-refractivity contribution in [3.05, 3.63) is 59.2 Å². The van der Waals surface area contributed by atoms with Gasteiger partial charge in [-0.15, -0.1) is 0 Å². The van der Waals surface area contributed by atoms with Gasteiger partial charge in [-0.1, -0.05) is 18.2 Å². The van der Waals surface area contributed by atoms with Crippen LogP contribution in [0.15, 0.2) is 42.5 Å². The van der Waals surface area contributed by atoms with Gasteiger partial charge in [0.05, 0.1) is 22.5 Å². The molecule has 0 aliphatic carbocycles. The first-order chi connectivity index (χ1) is 11.0. The lowest BCUT2D eigenvalue weighted by atomic mass is 10.1. The zero-order valence-electron chi connectivity index (χ0n) is 12.5. The van der Waals surface area contributed by atoms with Crippen LogP contribution in [-0.4, -0.2) is 29.2 Å². The van der Waals surface area contributed by atoms with E-state index in [1.807, 2.05) is 13.0 Å². The number of carbonyl (C=O) groups excluding carboxylic acids is 3. The predicted octanol–water partition coefficient (Wildman–Crippen LogP) is 1.81. The highest BCUT2D eigenvalue weighted by atomic mass is 16.2. The number of benzene rings is 2. The second-order valence-corrected chi connectivity index (χ2v) is 5.38. The van der Waals surface area contributed by atoms with Crippen molar-refractivity contribution in [1.29, 1.82) is 0 Å². The standard InChI is InChI=1S/C17H15N3O3/c1-10-6-7-14(13(18)8-10)19-15(21)9-20-16(22)11-4-2-3-5-12(11)17(20)23/h2-8H,9,18H2,1H3,(H,19,21). The van der Waals surface area contributed by atoms with Crippen molar-refractivity contribution >= 4 is 29.1 Å². The van der Waals surface area contributed by atoms with Crippen molar-refractivity contribution in [2.45, 2.75) is 6.92 Å². The molecule has 0 saturated carbocycles. The van der Waals surface area contributed by atoms with Crippen molar-refractivity contribution < 1.29 is 14.4 Å². The Bertz CT molecular complexity index is 795. The van der Waals surface area contributed by atoms with Crippen molar-refractivity contribution in [2.24, 2.45) is 0 Å². The monoisotopic (exact) mass is 309 g/mol. The lowest BCUT2D eigenvalue weighted by molar-refractivity contribution is -0.116. The van der Waals surface area contributed by atoms with Crippen LogP contribution < -0.4 is 11.1 Å². The van der Waals surface area contributed by atoms with Gasteiger partial charge in [-0.3, -0.25) is 19.3 Å². The van der Waals surface area contributed by atoms with E-state index >= 15 is 0 Å². The summed E-state index contributed by atoms with van der Waals surface area (Å²) in [6.07, 6.45) is 0. The lowest BCUT2D eigenvalue weighted by Gasteiger charge is -2.14. The van der Waals surface area contributed by atoms with Gasteiger partial charge in [0.1, 0.15) is 6.54 Å². The molecular weight excluding hydrogens is 294 g/mol. The maximum absolute atomic E-state index is 12.2. The van der Waals surface area contributed by atoms with Crippen molar-refractivity contribution in [1.82, 2.24) is 4.90 Å². The van der Waals surface area contributed by atoms with Crippen LogP contribution in [0, 0.1) is 6.92 Å². The number of anilines is 2. The van der Waals surface area contributed by atoms with Gasteiger partial charge < -0.3 is 11.1 Å². The fourth-order valence-electron chi connectivity index (χ4n) is 2.51. The molecule has 0 radical (unpaired) electrons. The molecule has 0 bridgehead atoms. The average Bonchev–Trinajstić information content (AvgIpc) is 2.76. The second-order valence-electron chi connectivity index (χ2n) is 5.38. The zero-order valence-corrected chi connectivity index (χ0v) is 12.5. The highest BCUT2D eigenvalue weighted by molar-refractivity contribution is 6.22. The first kappa shape index (κ1) is 14.8. The van der Waals surface area contributed by atoms with E-state index in [-0.39, 0.29) is 6.54 Å². The third-order valence-corrected chi connectivity index (χ3v) is 3.66. The molecule has 0 atom stereocenters. The van der Waals surface area contributed by atoms with Crippen LogP contribution in [0.2, 0.25) is 0 Å². The van der Waals surface area contributed by atoms with E-state index in [4.69, 9.17) is 5.73 Å². The van der Waals surface area contributed by atoms with Crippen LogP contribution in [-0.2, 0) is 4.79 Å². The zero-order chi connectivity index (χ0) is 16.6. The number of fused-ring (bicyclic) bond motifs is 1. The predicted molar refractivity (Wildman–Crippen MR) is 86.0 cm³/mol. The van der Waals surface area contributed by atoms with Gasteiger partial charge in [0, 0.05) is 0 Å². The second kappa shape index (κ2) is 5.57. The Labute approximate surface area is 132 Å². The van der Waals surface area contributed by atoms with Gasteiger partial charge in [0.2, 0.25) is 5.91 Å². The summed E-state index contributed by atoms with van der Waals surface area (Å²) in [5.74, 6) is -1.40. The molecule has 6 heteroatoms. The molecule has 1 heterocycles. The molecule has 2 aromatic carbocycles. The van der Waals surface area contributed by atoms with Crippen molar-refractivity contribution in [2.75, 3.05) is 17.6 Å². The number of hydrogen-bond acceptors (Lipinski definition) is 4. The van der Waals surface area contributed by atoms with Gasteiger partial charge in [-0.2, -0.15) is 0 Å². The summed E-state index contributed by atoms with van der Waals surface area (Å²) >= 11 is 0. The SMILES string of the molecule is Cc1ccc(NC(=O)CN2C(=O)c3ccccc3C2=O)c(N)c1. The molecule has 0 spiro atoms. The minimum absolute atomic E-state index is 0.320. The van der Waals surface area contributed by atoms with Gasteiger partial charge in [0.15, 0.2) is 0 Å². The third-order valence-electron chi connectivity index (χ3n) is 3.66. The fraction of sp³-hybridized carbons (Fsp3) is 0.118. The first-order valence-electron chi connectivity index (χ1n) is 7.08. The van der Waals surface area contributed by atoms with E-state index in [1.54, 1.807) is 36.4 Å². The summed E-state index contributed by atoms with van der Waals surface area (Å²) in [5, 5.41) is 2.62. The van der Waals surface area contributed by atoms with Crippen LogP contribution in [0.1, 0.15) is 26.3 Å². The Kier molecular flexibility index (Phi) is 3.57. The molecule has 6 nitrogen and oxygen atoms in total. The number of nitrogens with zero attached hydrogens (tertiary/aromatic N) is 1. The molecule has 3 amide bonds. The number of nitrogen functional groups attached to an aromatic ring is 1. The van der Waals surface area contributed by atoms with Crippen LogP contribution in [0.5, 0.6) is 0 Å². The molecule has 1 aliphatic heterocycles. The van der Waals surface area contributed by atoms with Crippen LogP contribution >= 0.6 is 0 Å². The maximum atomic E-state index is 12.2. The minimum Gasteiger partial charge on any atom is -0.397 e. The van der Waals surface area contributed by atoms with Crippen LogP contribution in [0.4, 0.5) is 11.4 Å². The van der Waals surface area contributed by atoms with Gasteiger partial charge in [-0.25, -0.2) is 0 Å². The number of nitrogens with two attached hydrogens (primary N) is 1. The minimum atomic E-state index is -0.477. The molecule has 0 aromatic heterocycles. The molecule has 1 aliphatic rings. The van der Waals surface area contributed by atoms with Crippen LogP contribution in [0.3, 0.4) is 0 Å². The Morgan fingerprint density at radius 3 is 2.26 bits per heavy atom.